The van der Waals surface area contributed by atoms with E-state index < -0.39 is 5.54 Å². The van der Waals surface area contributed by atoms with Gasteiger partial charge < -0.3 is 10.4 Å². The molecule has 0 aromatic heterocycles. The van der Waals surface area contributed by atoms with E-state index >= 15 is 0 Å². The highest BCUT2D eigenvalue weighted by Gasteiger charge is 2.29. The van der Waals surface area contributed by atoms with Crippen molar-refractivity contribution in [3.8, 4) is 0 Å². The molecule has 1 aromatic carbocycles. The van der Waals surface area contributed by atoms with Crippen molar-refractivity contribution >= 4 is 5.91 Å². The topological polar surface area (TPSA) is 49.3 Å². The number of hydrogen-bond acceptors (Lipinski definition) is 2. The third-order valence-electron chi connectivity index (χ3n) is 3.08. The first-order valence-corrected chi connectivity index (χ1v) is 6.37. The van der Waals surface area contributed by atoms with E-state index in [9.17, 15) is 9.90 Å². The van der Waals surface area contributed by atoms with Crippen molar-refractivity contribution < 1.29 is 9.90 Å². The van der Waals surface area contributed by atoms with E-state index in [1.165, 1.54) is 0 Å². The van der Waals surface area contributed by atoms with Gasteiger partial charge in [-0.1, -0.05) is 30.4 Å². The minimum Gasteiger partial charge on any atom is -0.396 e. The summed E-state index contributed by atoms with van der Waals surface area (Å²) in [6.07, 6.45) is 5.18. The molecule has 0 spiro atoms. The summed E-state index contributed by atoms with van der Waals surface area (Å²) in [7, 11) is 0. The van der Waals surface area contributed by atoms with Crippen molar-refractivity contribution in [2.75, 3.05) is 6.61 Å². The average molecular weight is 259 g/mol. The van der Waals surface area contributed by atoms with E-state index in [4.69, 9.17) is 0 Å². The van der Waals surface area contributed by atoms with Gasteiger partial charge >= 0.3 is 0 Å². The number of carbonyl (C=O) groups is 1. The second-order valence-corrected chi connectivity index (χ2v) is 4.56. The summed E-state index contributed by atoms with van der Waals surface area (Å²) >= 11 is 0. The first-order valence-electron chi connectivity index (χ1n) is 6.37. The third kappa shape index (κ3) is 4.38. The Balaban J connectivity index is 2.89. The minimum absolute atomic E-state index is 0.0107. The molecule has 0 aliphatic carbocycles. The molecule has 0 unspecified atom stereocenters. The normalized spacial score (nSPS) is 10.8. The van der Waals surface area contributed by atoms with Gasteiger partial charge in [-0.05, 0) is 31.4 Å². The zero-order chi connectivity index (χ0) is 14.1. The largest absolute Gasteiger partial charge is 0.396 e. The molecule has 0 atom stereocenters. The number of hydrogen-bond donors (Lipinski definition) is 2. The highest BCUT2D eigenvalue weighted by molar-refractivity contribution is 5.94. The van der Waals surface area contributed by atoms with Gasteiger partial charge in [0.1, 0.15) is 0 Å². The lowest BCUT2D eigenvalue weighted by Crippen LogP contribution is -2.48. The molecule has 3 heteroatoms. The Labute approximate surface area is 114 Å². The molecule has 0 radical (unpaired) electrons. The van der Waals surface area contributed by atoms with Crippen LogP contribution >= 0.6 is 0 Å². The molecule has 1 rings (SSSR count). The van der Waals surface area contributed by atoms with Gasteiger partial charge in [-0.15, -0.1) is 13.2 Å². The Morgan fingerprint density at radius 3 is 2.26 bits per heavy atom. The highest BCUT2D eigenvalue weighted by atomic mass is 16.3. The summed E-state index contributed by atoms with van der Waals surface area (Å²) in [5.41, 5.74) is 0.100. The summed E-state index contributed by atoms with van der Waals surface area (Å²) < 4.78 is 0. The average Bonchev–Trinajstić information content (AvgIpc) is 2.40. The maximum atomic E-state index is 12.2. The zero-order valence-corrected chi connectivity index (χ0v) is 11.1. The molecule has 0 bridgehead atoms. The number of amides is 1. The van der Waals surface area contributed by atoms with Crippen LogP contribution in [-0.2, 0) is 0 Å². The second kappa shape index (κ2) is 7.54. The predicted molar refractivity (Wildman–Crippen MR) is 78.0 cm³/mol. The standard InChI is InChI=1S/C16H21NO2/c1-3-10-16(11-4-2,12-13-18)17-15(19)14-8-6-5-7-9-14/h3-9,18H,1-2,10-13H2,(H,17,19). The van der Waals surface area contributed by atoms with Crippen LogP contribution in [-0.4, -0.2) is 23.2 Å². The molecule has 0 aliphatic rings. The van der Waals surface area contributed by atoms with Crippen LogP contribution in [0.5, 0.6) is 0 Å². The van der Waals surface area contributed by atoms with E-state index in [0.29, 0.717) is 24.8 Å². The van der Waals surface area contributed by atoms with E-state index in [0.717, 1.165) is 0 Å². The van der Waals surface area contributed by atoms with Crippen LogP contribution in [0, 0.1) is 0 Å². The van der Waals surface area contributed by atoms with Gasteiger partial charge in [0.05, 0.1) is 0 Å². The van der Waals surface area contributed by atoms with Crippen molar-refractivity contribution in [1.82, 2.24) is 5.32 Å². The Bertz CT molecular complexity index is 416. The molecule has 19 heavy (non-hydrogen) atoms. The smallest absolute Gasteiger partial charge is 0.251 e. The summed E-state index contributed by atoms with van der Waals surface area (Å²) in [6, 6.07) is 9.04. The van der Waals surface area contributed by atoms with Crippen LogP contribution in [0.15, 0.2) is 55.6 Å². The maximum absolute atomic E-state index is 12.2. The van der Waals surface area contributed by atoms with Gasteiger partial charge in [-0.3, -0.25) is 4.79 Å². The lowest BCUT2D eigenvalue weighted by atomic mass is 9.87. The number of nitrogens with one attached hydrogen (secondary N) is 1. The summed E-state index contributed by atoms with van der Waals surface area (Å²) in [6.45, 7) is 7.46. The number of aliphatic hydroxyl groups excluding tert-OH is 1. The summed E-state index contributed by atoms with van der Waals surface area (Å²) in [5, 5.41) is 12.2. The molecular formula is C16H21NO2. The van der Waals surface area contributed by atoms with Crippen molar-refractivity contribution in [2.24, 2.45) is 0 Å². The molecule has 1 amide bonds. The molecule has 0 heterocycles. The van der Waals surface area contributed by atoms with Gasteiger partial charge in [0, 0.05) is 17.7 Å². The first kappa shape index (κ1) is 15.2. The molecular weight excluding hydrogens is 238 g/mol. The Hall–Kier alpha value is -1.87. The molecule has 102 valence electrons. The fourth-order valence-electron chi connectivity index (χ4n) is 2.12. The predicted octanol–water partition coefficient (Wildman–Crippen LogP) is 2.69. The van der Waals surface area contributed by atoms with Crippen LogP contribution in [0.1, 0.15) is 29.6 Å². The fraction of sp³-hybridized carbons (Fsp3) is 0.312. The third-order valence-corrected chi connectivity index (χ3v) is 3.08. The SMILES string of the molecule is C=CCC(CC=C)(CCO)NC(=O)c1ccccc1. The van der Waals surface area contributed by atoms with Crippen molar-refractivity contribution in [3.05, 3.63) is 61.2 Å². The van der Waals surface area contributed by atoms with Crippen molar-refractivity contribution in [1.29, 1.82) is 0 Å². The molecule has 0 fully saturated rings. The van der Waals surface area contributed by atoms with Gasteiger partial charge in [0.2, 0.25) is 0 Å². The lowest BCUT2D eigenvalue weighted by Gasteiger charge is -2.32. The van der Waals surface area contributed by atoms with Gasteiger partial charge in [-0.2, -0.15) is 0 Å². The van der Waals surface area contributed by atoms with Crippen LogP contribution < -0.4 is 5.32 Å². The monoisotopic (exact) mass is 259 g/mol. The number of benzene rings is 1. The quantitative estimate of drug-likeness (QED) is 0.705. The van der Waals surface area contributed by atoms with E-state index in [-0.39, 0.29) is 12.5 Å². The first-order chi connectivity index (χ1) is 9.17. The second-order valence-electron chi connectivity index (χ2n) is 4.56. The number of rotatable bonds is 8. The molecule has 1 aromatic rings. The molecule has 0 aliphatic heterocycles. The Kier molecular flexibility index (Phi) is 6.03. The minimum atomic E-state index is -0.509. The Morgan fingerprint density at radius 2 is 1.79 bits per heavy atom. The molecule has 3 nitrogen and oxygen atoms in total. The Morgan fingerprint density at radius 1 is 1.21 bits per heavy atom. The van der Waals surface area contributed by atoms with Gasteiger partial charge in [-0.25, -0.2) is 0 Å². The van der Waals surface area contributed by atoms with E-state index in [1.807, 2.05) is 18.2 Å². The number of carbonyl (C=O) groups excluding carboxylic acids is 1. The molecule has 2 N–H and O–H groups in total. The van der Waals surface area contributed by atoms with Crippen molar-refractivity contribution in [3.63, 3.8) is 0 Å². The summed E-state index contributed by atoms with van der Waals surface area (Å²) in [5.74, 6) is -0.141. The van der Waals surface area contributed by atoms with Gasteiger partial charge in [0.15, 0.2) is 0 Å². The molecule has 0 saturated heterocycles. The summed E-state index contributed by atoms with van der Waals surface area (Å²) in [4.78, 5) is 12.2. The van der Waals surface area contributed by atoms with E-state index in [1.54, 1.807) is 24.3 Å². The highest BCUT2D eigenvalue weighted by Crippen LogP contribution is 2.22. The van der Waals surface area contributed by atoms with Crippen LogP contribution in [0.3, 0.4) is 0 Å². The molecule has 0 saturated carbocycles. The van der Waals surface area contributed by atoms with Crippen LogP contribution in [0.2, 0.25) is 0 Å². The number of aliphatic hydroxyl groups is 1. The lowest BCUT2D eigenvalue weighted by molar-refractivity contribution is 0.0880. The van der Waals surface area contributed by atoms with Crippen LogP contribution in [0.25, 0.3) is 0 Å². The fourth-order valence-corrected chi connectivity index (χ4v) is 2.12. The van der Waals surface area contributed by atoms with Crippen molar-refractivity contribution in [2.45, 2.75) is 24.8 Å². The van der Waals surface area contributed by atoms with Gasteiger partial charge in [0.25, 0.3) is 5.91 Å². The van der Waals surface area contributed by atoms with E-state index in [2.05, 4.69) is 18.5 Å². The maximum Gasteiger partial charge on any atom is 0.251 e. The zero-order valence-electron chi connectivity index (χ0n) is 11.1. The van der Waals surface area contributed by atoms with Crippen LogP contribution in [0.4, 0.5) is 0 Å².